The average molecular weight is 296 g/mol. The zero-order valence-corrected chi connectivity index (χ0v) is 11.3. The number of nitrogens with zero attached hydrogens (tertiary/aromatic N) is 1. The van der Waals surface area contributed by atoms with E-state index in [1.54, 1.807) is 0 Å². The Morgan fingerprint density at radius 1 is 1.24 bits per heavy atom. The predicted octanol–water partition coefficient (Wildman–Crippen LogP) is 3.55. The second kappa shape index (κ2) is 5.76. The van der Waals surface area contributed by atoms with Crippen LogP contribution in [0, 0.1) is 6.57 Å². The highest BCUT2D eigenvalue weighted by Crippen LogP contribution is 2.31. The fourth-order valence-corrected chi connectivity index (χ4v) is 2.53. The molecule has 1 fully saturated rings. The Labute approximate surface area is 121 Å². The van der Waals surface area contributed by atoms with Gasteiger partial charge >= 0.3 is 11.8 Å². The summed E-state index contributed by atoms with van der Waals surface area (Å²) in [5.74, 6) is -0.326. The molecule has 0 saturated heterocycles. The average Bonchev–Trinajstić information content (AvgIpc) is 2.87. The first-order valence-electron chi connectivity index (χ1n) is 6.70. The van der Waals surface area contributed by atoms with E-state index in [0.717, 1.165) is 25.0 Å². The molecule has 1 aromatic rings. The number of halogens is 3. The molecule has 1 aliphatic rings. The van der Waals surface area contributed by atoms with E-state index >= 15 is 0 Å². The lowest BCUT2D eigenvalue weighted by Crippen LogP contribution is -2.44. The van der Waals surface area contributed by atoms with Crippen LogP contribution in [0.4, 0.5) is 13.2 Å². The van der Waals surface area contributed by atoms with Crippen molar-refractivity contribution >= 4 is 5.91 Å². The van der Waals surface area contributed by atoms with Crippen LogP contribution in [-0.2, 0) is 17.4 Å². The van der Waals surface area contributed by atoms with Crippen LogP contribution in [0.15, 0.2) is 24.3 Å². The van der Waals surface area contributed by atoms with Crippen molar-refractivity contribution in [1.29, 1.82) is 0 Å². The topological polar surface area (TPSA) is 33.5 Å². The third-order valence-electron chi connectivity index (χ3n) is 3.66. The number of hydrogen-bond acceptors (Lipinski definition) is 1. The molecule has 0 bridgehead atoms. The molecule has 0 unspecified atom stereocenters. The molecule has 0 atom stereocenters. The summed E-state index contributed by atoms with van der Waals surface area (Å²) in [5.41, 5.74) is -1.05. The van der Waals surface area contributed by atoms with Crippen molar-refractivity contribution < 1.29 is 18.0 Å². The lowest BCUT2D eigenvalue weighted by atomic mass is 10.1. The number of hydrogen-bond donors (Lipinski definition) is 1. The van der Waals surface area contributed by atoms with Gasteiger partial charge in [-0.3, -0.25) is 15.0 Å². The number of amides is 1. The molecule has 0 aliphatic heterocycles. The molecule has 0 radical (unpaired) electrons. The molecule has 6 heteroatoms. The smallest absolute Gasteiger partial charge is 0.287 e. The van der Waals surface area contributed by atoms with Gasteiger partial charge in [0, 0.05) is 12.8 Å². The Kier molecular flexibility index (Phi) is 4.21. The summed E-state index contributed by atoms with van der Waals surface area (Å²) in [6.45, 7) is 7.20. The van der Waals surface area contributed by atoms with Crippen molar-refractivity contribution in [3.63, 3.8) is 0 Å². The normalized spacial score (nSPS) is 17.2. The highest BCUT2D eigenvalue weighted by Gasteiger charge is 2.41. The van der Waals surface area contributed by atoms with Gasteiger partial charge in [-0.25, -0.2) is 6.57 Å². The standard InChI is InChI=1S/C15H15F3N2O/c1-19-14(8-2-3-9-14)20-13(21)10-11-4-6-12(7-5-11)15(16,17)18/h4-7H,2-3,8-10H2,(H,20,21). The number of rotatable bonds is 3. The third kappa shape index (κ3) is 3.75. The summed E-state index contributed by atoms with van der Waals surface area (Å²) < 4.78 is 37.3. The van der Waals surface area contributed by atoms with Crippen LogP contribution in [-0.4, -0.2) is 11.6 Å². The number of carbonyl (C=O) groups excluding carboxylic acids is 1. The third-order valence-corrected chi connectivity index (χ3v) is 3.66. The minimum Gasteiger partial charge on any atom is -0.287 e. The molecule has 0 spiro atoms. The summed E-state index contributed by atoms with van der Waals surface area (Å²) >= 11 is 0. The van der Waals surface area contributed by atoms with Gasteiger partial charge in [0.25, 0.3) is 0 Å². The van der Waals surface area contributed by atoms with Crippen LogP contribution >= 0.6 is 0 Å². The SMILES string of the molecule is [C-]#[N+]C1(NC(=O)Cc2ccc(C(F)(F)F)cc2)CCCC1. The lowest BCUT2D eigenvalue weighted by molar-refractivity contribution is -0.137. The Morgan fingerprint density at radius 3 is 2.29 bits per heavy atom. The van der Waals surface area contributed by atoms with E-state index in [1.807, 2.05) is 0 Å². The molecule has 0 heterocycles. The molecule has 1 amide bonds. The van der Waals surface area contributed by atoms with Gasteiger partial charge in [0.2, 0.25) is 5.91 Å². The Balaban J connectivity index is 1.99. The number of benzene rings is 1. The van der Waals surface area contributed by atoms with Gasteiger partial charge in [0.05, 0.1) is 12.0 Å². The van der Waals surface area contributed by atoms with Crippen LogP contribution < -0.4 is 5.32 Å². The minimum atomic E-state index is -4.38. The van der Waals surface area contributed by atoms with Crippen molar-refractivity contribution in [1.82, 2.24) is 5.32 Å². The zero-order chi connectivity index (χ0) is 15.5. The quantitative estimate of drug-likeness (QED) is 0.850. The molecule has 1 saturated carbocycles. The van der Waals surface area contributed by atoms with Crippen LogP contribution in [0.25, 0.3) is 4.85 Å². The molecule has 21 heavy (non-hydrogen) atoms. The van der Waals surface area contributed by atoms with Crippen molar-refractivity contribution in [2.75, 3.05) is 0 Å². The first kappa shape index (κ1) is 15.4. The molecule has 3 nitrogen and oxygen atoms in total. The van der Waals surface area contributed by atoms with Gasteiger partial charge in [-0.2, -0.15) is 13.2 Å². The van der Waals surface area contributed by atoms with Crippen LogP contribution in [0.2, 0.25) is 0 Å². The molecular formula is C15H15F3N2O. The van der Waals surface area contributed by atoms with Crippen molar-refractivity contribution in [2.45, 2.75) is 43.9 Å². The van der Waals surface area contributed by atoms with E-state index in [-0.39, 0.29) is 12.3 Å². The van der Waals surface area contributed by atoms with Crippen LogP contribution in [0.1, 0.15) is 36.8 Å². The van der Waals surface area contributed by atoms with E-state index < -0.39 is 17.4 Å². The maximum atomic E-state index is 12.4. The Hall–Kier alpha value is -2.03. The summed E-state index contributed by atoms with van der Waals surface area (Å²) in [5, 5.41) is 2.72. The largest absolute Gasteiger partial charge is 0.416 e. The van der Waals surface area contributed by atoms with Gasteiger partial charge in [-0.1, -0.05) is 12.1 Å². The first-order valence-corrected chi connectivity index (χ1v) is 6.70. The minimum absolute atomic E-state index is 0.0184. The van der Waals surface area contributed by atoms with Gasteiger partial charge in [-0.05, 0) is 30.5 Å². The number of alkyl halides is 3. The molecule has 2 rings (SSSR count). The highest BCUT2D eigenvalue weighted by atomic mass is 19.4. The summed E-state index contributed by atoms with van der Waals surface area (Å²) in [7, 11) is 0. The van der Waals surface area contributed by atoms with Gasteiger partial charge < -0.3 is 0 Å². The van der Waals surface area contributed by atoms with Gasteiger partial charge in [0.15, 0.2) is 0 Å². The van der Waals surface area contributed by atoms with Crippen LogP contribution in [0.5, 0.6) is 0 Å². The van der Waals surface area contributed by atoms with E-state index in [9.17, 15) is 18.0 Å². The Morgan fingerprint density at radius 2 is 1.81 bits per heavy atom. The summed E-state index contributed by atoms with van der Waals surface area (Å²) in [6.07, 6.45) is -1.31. The zero-order valence-electron chi connectivity index (χ0n) is 11.3. The first-order chi connectivity index (χ1) is 9.85. The van der Waals surface area contributed by atoms with Crippen molar-refractivity contribution in [3.05, 3.63) is 46.8 Å². The van der Waals surface area contributed by atoms with E-state index in [1.165, 1.54) is 12.1 Å². The fraction of sp³-hybridized carbons (Fsp3) is 0.467. The molecule has 0 aromatic heterocycles. The molecule has 1 aromatic carbocycles. The second-order valence-corrected chi connectivity index (χ2v) is 5.27. The van der Waals surface area contributed by atoms with E-state index in [0.29, 0.717) is 18.4 Å². The number of carbonyl (C=O) groups is 1. The maximum absolute atomic E-state index is 12.4. The fourth-order valence-electron chi connectivity index (χ4n) is 2.53. The monoisotopic (exact) mass is 296 g/mol. The highest BCUT2D eigenvalue weighted by molar-refractivity contribution is 5.79. The van der Waals surface area contributed by atoms with Crippen molar-refractivity contribution in [2.24, 2.45) is 0 Å². The second-order valence-electron chi connectivity index (χ2n) is 5.27. The summed E-state index contributed by atoms with van der Waals surface area (Å²) in [6, 6.07) is 4.51. The maximum Gasteiger partial charge on any atom is 0.416 e. The molecule has 1 N–H and O–H groups in total. The molecule has 1 aliphatic carbocycles. The Bertz CT molecular complexity index is 552. The van der Waals surface area contributed by atoms with Crippen molar-refractivity contribution in [3.8, 4) is 0 Å². The predicted molar refractivity (Wildman–Crippen MR) is 71.1 cm³/mol. The molecular weight excluding hydrogens is 281 g/mol. The lowest BCUT2D eigenvalue weighted by Gasteiger charge is -2.17. The number of nitrogens with one attached hydrogen (secondary N) is 1. The van der Waals surface area contributed by atoms with Crippen LogP contribution in [0.3, 0.4) is 0 Å². The van der Waals surface area contributed by atoms with Gasteiger partial charge in [0.1, 0.15) is 0 Å². The molecule has 112 valence electrons. The van der Waals surface area contributed by atoms with Gasteiger partial charge in [-0.15, -0.1) is 0 Å². The van der Waals surface area contributed by atoms with E-state index in [4.69, 9.17) is 6.57 Å². The van der Waals surface area contributed by atoms with E-state index in [2.05, 4.69) is 10.2 Å². The summed E-state index contributed by atoms with van der Waals surface area (Å²) in [4.78, 5) is 15.5.